The summed E-state index contributed by atoms with van der Waals surface area (Å²) in [5, 5.41) is 0. The van der Waals surface area contributed by atoms with Gasteiger partial charge in [0.15, 0.2) is 5.78 Å². The van der Waals surface area contributed by atoms with Crippen LogP contribution in [0.4, 0.5) is 0 Å². The third-order valence-electron chi connectivity index (χ3n) is 3.54. The van der Waals surface area contributed by atoms with Gasteiger partial charge in [0.1, 0.15) is 5.75 Å². The van der Waals surface area contributed by atoms with Crippen LogP contribution in [-0.2, 0) is 0 Å². The largest absolute Gasteiger partial charge is 0.496 e. The summed E-state index contributed by atoms with van der Waals surface area (Å²) in [5.41, 5.74) is 4.04. The molecular formula is C18H20O2S. The zero-order valence-corrected chi connectivity index (χ0v) is 13.7. The number of Topliss-reactive ketones (excluding diaryl/α,β-unsaturated/α-hetero) is 1. The molecule has 0 bridgehead atoms. The van der Waals surface area contributed by atoms with E-state index in [0.717, 1.165) is 16.0 Å². The number of ether oxygens (including phenoxy) is 1. The molecule has 0 unspecified atom stereocenters. The highest BCUT2D eigenvalue weighted by Gasteiger charge is 2.15. The number of ketones is 1. The fourth-order valence-electron chi connectivity index (χ4n) is 2.20. The van der Waals surface area contributed by atoms with Crippen molar-refractivity contribution in [3.8, 4) is 5.75 Å². The van der Waals surface area contributed by atoms with Crippen LogP contribution in [0, 0.1) is 20.8 Å². The lowest BCUT2D eigenvalue weighted by atomic mass is 10.0. The predicted molar refractivity (Wildman–Crippen MR) is 88.7 cm³/mol. The van der Waals surface area contributed by atoms with Crippen molar-refractivity contribution in [3.63, 3.8) is 0 Å². The molecule has 2 rings (SSSR count). The predicted octanol–water partition coefficient (Wildman–Crippen LogP) is 4.60. The molecular weight excluding hydrogens is 280 g/mol. The Morgan fingerprint density at radius 2 is 1.90 bits per heavy atom. The van der Waals surface area contributed by atoms with E-state index in [4.69, 9.17) is 4.74 Å². The molecule has 0 N–H and O–H groups in total. The van der Waals surface area contributed by atoms with Crippen LogP contribution in [0.15, 0.2) is 41.3 Å². The average Bonchev–Trinajstić information content (AvgIpc) is 2.47. The fraction of sp³-hybridized carbons (Fsp3) is 0.278. The zero-order valence-electron chi connectivity index (χ0n) is 12.9. The van der Waals surface area contributed by atoms with Crippen LogP contribution >= 0.6 is 11.8 Å². The molecule has 2 aromatic carbocycles. The maximum atomic E-state index is 12.4. The molecule has 0 aliphatic carbocycles. The summed E-state index contributed by atoms with van der Waals surface area (Å²) in [6.45, 7) is 6.06. The fourth-order valence-corrected chi connectivity index (χ4v) is 3.10. The third-order valence-corrected chi connectivity index (χ3v) is 4.53. The quantitative estimate of drug-likeness (QED) is 0.596. The molecule has 0 fully saturated rings. The molecule has 0 aromatic heterocycles. The lowest BCUT2D eigenvalue weighted by molar-refractivity contribution is 0.101. The van der Waals surface area contributed by atoms with Gasteiger partial charge < -0.3 is 4.74 Å². The van der Waals surface area contributed by atoms with Gasteiger partial charge in [-0.2, -0.15) is 0 Å². The highest BCUT2D eigenvalue weighted by atomic mass is 32.2. The Kier molecular flexibility index (Phi) is 5.07. The van der Waals surface area contributed by atoms with Gasteiger partial charge in [-0.25, -0.2) is 0 Å². The Morgan fingerprint density at radius 3 is 2.57 bits per heavy atom. The second kappa shape index (κ2) is 6.81. The van der Waals surface area contributed by atoms with Crippen molar-refractivity contribution in [2.24, 2.45) is 0 Å². The SMILES string of the molecule is COc1c(C(=O)CSc2cccc(C)c2)ccc(C)c1C. The standard InChI is InChI=1S/C18H20O2S/c1-12-6-5-7-15(10-12)21-11-17(19)16-9-8-13(2)14(3)18(16)20-4/h5-10H,11H2,1-4H3. The lowest BCUT2D eigenvalue weighted by Crippen LogP contribution is -2.06. The van der Waals surface area contributed by atoms with E-state index in [1.807, 2.05) is 38.1 Å². The first-order valence-electron chi connectivity index (χ1n) is 6.89. The Bertz CT molecular complexity index is 662. The molecule has 0 saturated carbocycles. The summed E-state index contributed by atoms with van der Waals surface area (Å²) < 4.78 is 5.42. The first-order valence-corrected chi connectivity index (χ1v) is 7.88. The number of benzene rings is 2. The van der Waals surface area contributed by atoms with Crippen molar-refractivity contribution in [2.75, 3.05) is 12.9 Å². The first kappa shape index (κ1) is 15.6. The topological polar surface area (TPSA) is 26.3 Å². The van der Waals surface area contributed by atoms with Gasteiger partial charge in [-0.3, -0.25) is 4.79 Å². The Hall–Kier alpha value is -1.74. The highest BCUT2D eigenvalue weighted by molar-refractivity contribution is 8.00. The number of rotatable bonds is 5. The van der Waals surface area contributed by atoms with Crippen LogP contribution in [0.25, 0.3) is 0 Å². The number of aryl methyl sites for hydroxylation is 2. The molecule has 3 heteroatoms. The summed E-state index contributed by atoms with van der Waals surface area (Å²) in [6, 6.07) is 12.0. The van der Waals surface area contributed by atoms with E-state index in [9.17, 15) is 4.79 Å². The van der Waals surface area contributed by atoms with Crippen molar-refractivity contribution in [1.82, 2.24) is 0 Å². The third kappa shape index (κ3) is 3.67. The summed E-state index contributed by atoms with van der Waals surface area (Å²) >= 11 is 1.56. The van der Waals surface area contributed by atoms with Gasteiger partial charge in [0.25, 0.3) is 0 Å². The molecule has 21 heavy (non-hydrogen) atoms. The van der Waals surface area contributed by atoms with E-state index < -0.39 is 0 Å². The minimum absolute atomic E-state index is 0.0986. The minimum atomic E-state index is 0.0986. The van der Waals surface area contributed by atoms with Crippen LogP contribution in [0.5, 0.6) is 5.75 Å². The summed E-state index contributed by atoms with van der Waals surface area (Å²) in [6.07, 6.45) is 0. The van der Waals surface area contributed by atoms with Crippen molar-refractivity contribution in [2.45, 2.75) is 25.7 Å². The zero-order chi connectivity index (χ0) is 15.4. The van der Waals surface area contributed by atoms with Crippen molar-refractivity contribution < 1.29 is 9.53 Å². The molecule has 2 aromatic rings. The van der Waals surface area contributed by atoms with Crippen LogP contribution in [-0.4, -0.2) is 18.6 Å². The number of hydrogen-bond acceptors (Lipinski definition) is 3. The van der Waals surface area contributed by atoms with Crippen molar-refractivity contribution in [3.05, 3.63) is 58.7 Å². The van der Waals surface area contributed by atoms with Gasteiger partial charge in [-0.1, -0.05) is 23.8 Å². The van der Waals surface area contributed by atoms with Crippen LogP contribution in [0.1, 0.15) is 27.0 Å². The molecule has 0 saturated heterocycles. The number of hydrogen-bond donors (Lipinski definition) is 0. The van der Waals surface area contributed by atoms with E-state index in [2.05, 4.69) is 19.1 Å². The van der Waals surface area contributed by atoms with Gasteiger partial charge in [0.2, 0.25) is 0 Å². The smallest absolute Gasteiger partial charge is 0.176 e. The van der Waals surface area contributed by atoms with Gasteiger partial charge >= 0.3 is 0 Å². The maximum Gasteiger partial charge on any atom is 0.176 e. The normalized spacial score (nSPS) is 10.5. The molecule has 0 heterocycles. The summed E-state index contributed by atoms with van der Waals surface area (Å²) in [7, 11) is 1.62. The average molecular weight is 300 g/mol. The number of carbonyl (C=O) groups is 1. The Morgan fingerprint density at radius 1 is 1.14 bits per heavy atom. The second-order valence-electron chi connectivity index (χ2n) is 5.12. The van der Waals surface area contributed by atoms with E-state index in [0.29, 0.717) is 17.1 Å². The van der Waals surface area contributed by atoms with Crippen LogP contribution in [0.2, 0.25) is 0 Å². The number of methoxy groups -OCH3 is 1. The maximum absolute atomic E-state index is 12.4. The molecule has 0 radical (unpaired) electrons. The molecule has 0 atom stereocenters. The summed E-state index contributed by atoms with van der Waals surface area (Å²) in [4.78, 5) is 13.6. The monoisotopic (exact) mass is 300 g/mol. The lowest BCUT2D eigenvalue weighted by Gasteiger charge is -2.12. The molecule has 110 valence electrons. The van der Waals surface area contributed by atoms with Crippen molar-refractivity contribution >= 4 is 17.5 Å². The van der Waals surface area contributed by atoms with Gasteiger partial charge in [0, 0.05) is 4.90 Å². The van der Waals surface area contributed by atoms with E-state index in [-0.39, 0.29) is 5.78 Å². The van der Waals surface area contributed by atoms with E-state index in [1.54, 1.807) is 18.9 Å². The minimum Gasteiger partial charge on any atom is -0.496 e. The van der Waals surface area contributed by atoms with E-state index in [1.165, 1.54) is 5.56 Å². The Balaban J connectivity index is 2.16. The van der Waals surface area contributed by atoms with Crippen LogP contribution in [0.3, 0.4) is 0 Å². The molecule has 0 amide bonds. The number of carbonyl (C=O) groups excluding carboxylic acids is 1. The second-order valence-corrected chi connectivity index (χ2v) is 6.17. The van der Waals surface area contributed by atoms with Gasteiger partial charge in [-0.15, -0.1) is 11.8 Å². The van der Waals surface area contributed by atoms with E-state index >= 15 is 0 Å². The molecule has 2 nitrogen and oxygen atoms in total. The number of thioether (sulfide) groups is 1. The summed E-state index contributed by atoms with van der Waals surface area (Å²) in [5.74, 6) is 1.22. The molecule has 0 aliphatic rings. The molecule has 0 aliphatic heterocycles. The first-order chi connectivity index (χ1) is 10.0. The van der Waals surface area contributed by atoms with Gasteiger partial charge in [-0.05, 0) is 50.1 Å². The van der Waals surface area contributed by atoms with Crippen molar-refractivity contribution in [1.29, 1.82) is 0 Å². The highest BCUT2D eigenvalue weighted by Crippen LogP contribution is 2.28. The molecule has 0 spiro atoms. The van der Waals surface area contributed by atoms with Crippen LogP contribution < -0.4 is 4.74 Å². The Labute approximate surface area is 130 Å². The van der Waals surface area contributed by atoms with Gasteiger partial charge in [0.05, 0.1) is 18.4 Å².